The molecule has 0 spiro atoms. The fourth-order valence-corrected chi connectivity index (χ4v) is 2.48. The maximum atomic E-state index is 11.4. The molecule has 0 bridgehead atoms. The minimum absolute atomic E-state index is 0.151. The van der Waals surface area contributed by atoms with E-state index in [1.165, 1.54) is 10.8 Å². The number of carboxylic acids is 1. The summed E-state index contributed by atoms with van der Waals surface area (Å²) < 4.78 is 0. The first-order valence-electron chi connectivity index (χ1n) is 7.79. The Balaban J connectivity index is 1.99. The zero-order chi connectivity index (χ0) is 16.2. The minimum Gasteiger partial charge on any atom is -0.480 e. The van der Waals surface area contributed by atoms with Crippen molar-refractivity contribution in [2.45, 2.75) is 46.2 Å². The molecule has 0 aromatic heterocycles. The van der Waals surface area contributed by atoms with Crippen LogP contribution in [-0.4, -0.2) is 17.1 Å². The summed E-state index contributed by atoms with van der Waals surface area (Å²) in [5.74, 6) is -0.773. The molecule has 0 saturated carbocycles. The van der Waals surface area contributed by atoms with Gasteiger partial charge in [-0.15, -0.1) is 0 Å². The fourth-order valence-electron chi connectivity index (χ4n) is 2.48. The van der Waals surface area contributed by atoms with Crippen LogP contribution in [0.1, 0.15) is 39.2 Å². The van der Waals surface area contributed by atoms with Gasteiger partial charge in [-0.05, 0) is 40.7 Å². The summed E-state index contributed by atoms with van der Waals surface area (Å²) >= 11 is 0. The zero-order valence-electron chi connectivity index (χ0n) is 13.6. The first-order chi connectivity index (χ1) is 10.3. The number of fused-ring (bicyclic) bond motifs is 1. The van der Waals surface area contributed by atoms with Gasteiger partial charge in [-0.1, -0.05) is 57.2 Å². The summed E-state index contributed by atoms with van der Waals surface area (Å²) in [6.45, 7) is 6.98. The number of rotatable bonds is 6. The quantitative estimate of drug-likeness (QED) is 0.840. The Bertz CT molecular complexity index is 643. The predicted molar refractivity (Wildman–Crippen MR) is 90.9 cm³/mol. The molecule has 22 heavy (non-hydrogen) atoms. The first kappa shape index (κ1) is 16.5. The van der Waals surface area contributed by atoms with Crippen LogP contribution in [0.3, 0.4) is 0 Å². The third-order valence-electron chi connectivity index (χ3n) is 3.85. The van der Waals surface area contributed by atoms with Gasteiger partial charge in [0.05, 0.1) is 0 Å². The molecule has 2 aromatic carbocycles. The first-order valence-corrected chi connectivity index (χ1v) is 7.79. The number of carbonyl (C=O) groups is 1. The van der Waals surface area contributed by atoms with Crippen molar-refractivity contribution in [3.8, 4) is 0 Å². The third kappa shape index (κ3) is 4.85. The molecule has 0 unspecified atom stereocenters. The lowest BCUT2D eigenvalue weighted by Crippen LogP contribution is -2.37. The molecular weight excluding hydrogens is 274 g/mol. The summed E-state index contributed by atoms with van der Waals surface area (Å²) in [5, 5.41) is 14.9. The van der Waals surface area contributed by atoms with Crippen molar-refractivity contribution in [3.63, 3.8) is 0 Å². The number of nitrogens with one attached hydrogen (secondary N) is 1. The number of aliphatic carboxylic acids is 1. The maximum Gasteiger partial charge on any atom is 0.320 e. The van der Waals surface area contributed by atoms with E-state index in [1.807, 2.05) is 12.1 Å². The highest BCUT2D eigenvalue weighted by molar-refractivity contribution is 5.83. The maximum absolute atomic E-state index is 11.4. The Morgan fingerprint density at radius 2 is 1.82 bits per heavy atom. The number of benzene rings is 2. The monoisotopic (exact) mass is 299 g/mol. The Kier molecular flexibility index (Phi) is 5.19. The van der Waals surface area contributed by atoms with Crippen molar-refractivity contribution in [3.05, 3.63) is 48.0 Å². The van der Waals surface area contributed by atoms with E-state index in [4.69, 9.17) is 0 Å². The number of carboxylic acid groups (broad SMARTS) is 1. The third-order valence-corrected chi connectivity index (χ3v) is 3.85. The molecule has 3 heteroatoms. The van der Waals surface area contributed by atoms with Gasteiger partial charge in [0.15, 0.2) is 0 Å². The Morgan fingerprint density at radius 1 is 1.14 bits per heavy atom. The Morgan fingerprint density at radius 3 is 2.45 bits per heavy atom. The van der Waals surface area contributed by atoms with Crippen molar-refractivity contribution in [1.82, 2.24) is 5.32 Å². The molecule has 2 aromatic rings. The standard InChI is InChI=1S/C19H25NO2/c1-19(2,3)11-10-17(18(21)22)20-13-14-8-9-15-6-4-5-7-16(15)12-14/h4-9,12,17,20H,10-11,13H2,1-3H3,(H,21,22)/t17-/m0/s1. The molecule has 1 atom stereocenters. The SMILES string of the molecule is CC(C)(C)CC[C@H](NCc1ccc2ccccc2c1)C(=O)O. The van der Waals surface area contributed by atoms with E-state index in [0.717, 1.165) is 12.0 Å². The van der Waals surface area contributed by atoms with Gasteiger partial charge in [-0.2, -0.15) is 0 Å². The van der Waals surface area contributed by atoms with Crippen LogP contribution >= 0.6 is 0 Å². The van der Waals surface area contributed by atoms with Gasteiger partial charge in [0.1, 0.15) is 6.04 Å². The molecule has 0 aliphatic carbocycles. The van der Waals surface area contributed by atoms with Crippen LogP contribution < -0.4 is 5.32 Å². The molecule has 118 valence electrons. The second-order valence-corrected chi connectivity index (χ2v) is 7.05. The Hall–Kier alpha value is -1.87. The highest BCUT2D eigenvalue weighted by atomic mass is 16.4. The summed E-state index contributed by atoms with van der Waals surface area (Å²) in [4.78, 5) is 11.4. The van der Waals surface area contributed by atoms with Crippen LogP contribution in [0, 0.1) is 5.41 Å². The van der Waals surface area contributed by atoms with E-state index in [9.17, 15) is 9.90 Å². The summed E-state index contributed by atoms with van der Waals surface area (Å²) in [7, 11) is 0. The topological polar surface area (TPSA) is 49.3 Å². The van der Waals surface area contributed by atoms with Crippen molar-refractivity contribution >= 4 is 16.7 Å². The van der Waals surface area contributed by atoms with Crippen LogP contribution in [-0.2, 0) is 11.3 Å². The van der Waals surface area contributed by atoms with Crippen LogP contribution in [0.15, 0.2) is 42.5 Å². The molecule has 3 nitrogen and oxygen atoms in total. The van der Waals surface area contributed by atoms with Gasteiger partial charge in [-0.3, -0.25) is 4.79 Å². The van der Waals surface area contributed by atoms with Gasteiger partial charge >= 0.3 is 5.97 Å². The van der Waals surface area contributed by atoms with E-state index in [-0.39, 0.29) is 5.41 Å². The van der Waals surface area contributed by atoms with Gasteiger partial charge in [-0.25, -0.2) is 0 Å². The van der Waals surface area contributed by atoms with Crippen molar-refractivity contribution in [2.24, 2.45) is 5.41 Å². The van der Waals surface area contributed by atoms with Gasteiger partial charge in [0, 0.05) is 6.54 Å². The average molecular weight is 299 g/mol. The summed E-state index contributed by atoms with van der Waals surface area (Å²) in [6, 6.07) is 13.9. The molecular formula is C19H25NO2. The van der Waals surface area contributed by atoms with Crippen molar-refractivity contribution in [1.29, 1.82) is 0 Å². The zero-order valence-corrected chi connectivity index (χ0v) is 13.6. The summed E-state index contributed by atoms with van der Waals surface area (Å²) in [5.41, 5.74) is 1.26. The lowest BCUT2D eigenvalue weighted by molar-refractivity contribution is -0.139. The van der Waals surface area contributed by atoms with Crippen LogP contribution in [0.2, 0.25) is 0 Å². The Labute approximate surface area is 132 Å². The van der Waals surface area contributed by atoms with E-state index < -0.39 is 12.0 Å². The lowest BCUT2D eigenvalue weighted by atomic mass is 9.88. The van der Waals surface area contributed by atoms with Crippen molar-refractivity contribution < 1.29 is 9.90 Å². The molecule has 0 aliphatic rings. The van der Waals surface area contributed by atoms with Crippen LogP contribution in [0.4, 0.5) is 0 Å². The molecule has 0 saturated heterocycles. The van der Waals surface area contributed by atoms with E-state index in [0.29, 0.717) is 13.0 Å². The number of hydrogen-bond donors (Lipinski definition) is 2. The minimum atomic E-state index is -0.773. The van der Waals surface area contributed by atoms with Gasteiger partial charge in [0.25, 0.3) is 0 Å². The highest BCUT2D eigenvalue weighted by Crippen LogP contribution is 2.22. The molecule has 2 N–H and O–H groups in total. The largest absolute Gasteiger partial charge is 0.480 e. The lowest BCUT2D eigenvalue weighted by Gasteiger charge is -2.21. The molecule has 0 radical (unpaired) electrons. The van der Waals surface area contributed by atoms with Crippen molar-refractivity contribution in [2.75, 3.05) is 0 Å². The highest BCUT2D eigenvalue weighted by Gasteiger charge is 2.20. The second-order valence-electron chi connectivity index (χ2n) is 7.05. The smallest absolute Gasteiger partial charge is 0.320 e. The molecule has 2 rings (SSSR count). The molecule has 0 amide bonds. The molecule has 0 fully saturated rings. The summed E-state index contributed by atoms with van der Waals surface area (Å²) in [6.07, 6.45) is 1.53. The van der Waals surface area contributed by atoms with Gasteiger partial charge in [0.2, 0.25) is 0 Å². The fraction of sp³-hybridized carbons (Fsp3) is 0.421. The van der Waals surface area contributed by atoms with E-state index in [2.05, 4.69) is 56.4 Å². The molecule has 0 aliphatic heterocycles. The normalized spacial score (nSPS) is 13.2. The second kappa shape index (κ2) is 6.93. The van der Waals surface area contributed by atoms with E-state index in [1.54, 1.807) is 0 Å². The predicted octanol–water partition coefficient (Wildman–Crippen LogP) is 4.21. The van der Waals surface area contributed by atoms with Gasteiger partial charge < -0.3 is 10.4 Å². The number of hydrogen-bond acceptors (Lipinski definition) is 2. The van der Waals surface area contributed by atoms with E-state index >= 15 is 0 Å². The van der Waals surface area contributed by atoms with Crippen LogP contribution in [0.25, 0.3) is 10.8 Å². The van der Waals surface area contributed by atoms with Crippen LogP contribution in [0.5, 0.6) is 0 Å². The molecule has 0 heterocycles. The average Bonchev–Trinajstić information content (AvgIpc) is 2.45.